The molecule has 1 amide bonds. The van der Waals surface area contributed by atoms with Gasteiger partial charge in [0, 0.05) is 16.7 Å². The van der Waals surface area contributed by atoms with Crippen LogP contribution in [0.15, 0.2) is 30.3 Å². The highest BCUT2D eigenvalue weighted by molar-refractivity contribution is 6.37. The minimum Gasteiger partial charge on any atom is -0.494 e. The van der Waals surface area contributed by atoms with E-state index in [0.717, 1.165) is 11.0 Å². The number of hydrogen-bond donors (Lipinski definition) is 0. The molecule has 2 aromatic rings. The van der Waals surface area contributed by atoms with E-state index in [9.17, 15) is 13.6 Å². The number of carbonyl (C=O) groups excluding carboxylic acids is 1. The molecule has 0 saturated heterocycles. The monoisotopic (exact) mass is 371 g/mol. The highest BCUT2D eigenvalue weighted by atomic mass is 35.5. The predicted octanol–water partition coefficient (Wildman–Crippen LogP) is 5.16. The zero-order chi connectivity index (χ0) is 17.4. The molecule has 126 valence electrons. The Morgan fingerprint density at radius 3 is 2.71 bits per heavy atom. The molecule has 0 spiro atoms. The van der Waals surface area contributed by atoms with E-state index in [1.54, 1.807) is 13.0 Å². The van der Waals surface area contributed by atoms with Crippen LogP contribution in [0.3, 0.4) is 0 Å². The molecule has 24 heavy (non-hydrogen) atoms. The molecule has 0 aliphatic carbocycles. The largest absolute Gasteiger partial charge is 0.494 e. The maximum Gasteiger partial charge on any atom is 0.258 e. The van der Waals surface area contributed by atoms with Crippen molar-refractivity contribution in [2.75, 3.05) is 6.61 Å². The first-order valence-corrected chi connectivity index (χ1v) is 8.03. The van der Waals surface area contributed by atoms with Crippen LogP contribution in [0.2, 0.25) is 10.0 Å². The van der Waals surface area contributed by atoms with Crippen LogP contribution in [0.1, 0.15) is 34.7 Å². The Bertz CT molecular complexity index is 813. The van der Waals surface area contributed by atoms with Crippen LogP contribution in [-0.4, -0.2) is 17.4 Å². The van der Waals surface area contributed by atoms with E-state index >= 15 is 0 Å². The van der Waals surface area contributed by atoms with Crippen molar-refractivity contribution >= 4 is 29.1 Å². The number of fused-ring (bicyclic) bond motifs is 1. The fraction of sp³-hybridized carbons (Fsp3) is 0.235. The minimum atomic E-state index is -1.93. The molecular weight excluding hydrogens is 359 g/mol. The number of benzene rings is 2. The zero-order valence-electron chi connectivity index (χ0n) is 12.7. The van der Waals surface area contributed by atoms with Crippen molar-refractivity contribution in [2.24, 2.45) is 0 Å². The van der Waals surface area contributed by atoms with Crippen molar-refractivity contribution in [2.45, 2.75) is 19.8 Å². The SMILES string of the molecule is CCOc1ccc(C(F)N2Cc3cc(Cl)cc(Cl)c3C2=O)c(F)c1. The van der Waals surface area contributed by atoms with E-state index in [1.165, 1.54) is 18.2 Å². The lowest BCUT2D eigenvalue weighted by Gasteiger charge is -2.21. The molecule has 2 aromatic carbocycles. The molecule has 3 nitrogen and oxygen atoms in total. The normalized spacial score (nSPS) is 14.7. The minimum absolute atomic E-state index is 0.0255. The third-order valence-corrected chi connectivity index (χ3v) is 4.28. The van der Waals surface area contributed by atoms with Gasteiger partial charge in [0.15, 0.2) is 0 Å². The number of rotatable bonds is 4. The quantitative estimate of drug-likeness (QED) is 0.695. The summed E-state index contributed by atoms with van der Waals surface area (Å²) in [5, 5.41) is 0.514. The number of halogens is 4. The molecule has 1 aliphatic rings. The number of alkyl halides is 1. The molecule has 0 saturated carbocycles. The number of nitrogens with zero attached hydrogens (tertiary/aromatic N) is 1. The Morgan fingerprint density at radius 2 is 2.04 bits per heavy atom. The van der Waals surface area contributed by atoms with Gasteiger partial charge in [-0.25, -0.2) is 8.78 Å². The van der Waals surface area contributed by atoms with E-state index in [-0.39, 0.29) is 22.7 Å². The second kappa shape index (κ2) is 6.57. The molecule has 7 heteroatoms. The molecule has 3 rings (SSSR count). The second-order valence-corrected chi connectivity index (χ2v) is 6.15. The van der Waals surface area contributed by atoms with Gasteiger partial charge in [-0.15, -0.1) is 0 Å². The third-order valence-electron chi connectivity index (χ3n) is 3.77. The molecule has 0 aromatic heterocycles. The lowest BCUT2D eigenvalue weighted by molar-refractivity contribution is 0.0472. The summed E-state index contributed by atoms with van der Waals surface area (Å²) in [6, 6.07) is 6.82. The Morgan fingerprint density at radius 1 is 1.29 bits per heavy atom. The molecule has 0 radical (unpaired) electrons. The van der Waals surface area contributed by atoms with E-state index in [2.05, 4.69) is 0 Å². The molecular formula is C17H13Cl2F2NO2. The highest BCUT2D eigenvalue weighted by Crippen LogP contribution is 2.38. The number of hydrogen-bond acceptors (Lipinski definition) is 2. The summed E-state index contributed by atoms with van der Waals surface area (Å²) in [7, 11) is 0. The summed E-state index contributed by atoms with van der Waals surface area (Å²) >= 11 is 11.9. The molecule has 1 aliphatic heterocycles. The van der Waals surface area contributed by atoms with Gasteiger partial charge in [0.25, 0.3) is 5.91 Å². The molecule has 0 fully saturated rings. The summed E-state index contributed by atoms with van der Waals surface area (Å²) in [5.41, 5.74) is 0.489. The molecule has 1 heterocycles. The summed E-state index contributed by atoms with van der Waals surface area (Å²) in [6.45, 7) is 2.11. The van der Waals surface area contributed by atoms with Crippen molar-refractivity contribution in [3.8, 4) is 5.75 Å². The summed E-state index contributed by atoms with van der Waals surface area (Å²) in [5.74, 6) is -1.06. The van der Waals surface area contributed by atoms with Gasteiger partial charge in [-0.05, 0) is 36.8 Å². The van der Waals surface area contributed by atoms with Gasteiger partial charge >= 0.3 is 0 Å². The fourth-order valence-corrected chi connectivity index (χ4v) is 3.31. The van der Waals surface area contributed by atoms with Gasteiger partial charge in [-0.2, -0.15) is 0 Å². The Balaban J connectivity index is 1.91. The van der Waals surface area contributed by atoms with Gasteiger partial charge in [0.1, 0.15) is 11.6 Å². The average Bonchev–Trinajstić information content (AvgIpc) is 2.84. The standard InChI is InChI=1S/C17H13Cl2F2NO2/c1-2-24-11-3-4-12(14(20)7-11)16(21)22-8-9-5-10(18)6-13(19)15(9)17(22)23/h3-7,16H,2,8H2,1H3. The van der Waals surface area contributed by atoms with E-state index in [1.807, 2.05) is 0 Å². The van der Waals surface area contributed by atoms with Crippen molar-refractivity contribution in [1.82, 2.24) is 4.90 Å². The number of ether oxygens (including phenoxy) is 1. The van der Waals surface area contributed by atoms with E-state index in [4.69, 9.17) is 27.9 Å². The van der Waals surface area contributed by atoms with Crippen LogP contribution in [0.25, 0.3) is 0 Å². The van der Waals surface area contributed by atoms with Gasteiger partial charge in [-0.3, -0.25) is 4.79 Å². The van der Waals surface area contributed by atoms with Crippen LogP contribution in [0.4, 0.5) is 8.78 Å². The first kappa shape index (κ1) is 17.0. The molecule has 0 N–H and O–H groups in total. The number of amides is 1. The Hall–Kier alpha value is -1.85. The van der Waals surface area contributed by atoms with Gasteiger partial charge < -0.3 is 9.64 Å². The van der Waals surface area contributed by atoms with Crippen LogP contribution >= 0.6 is 23.2 Å². The van der Waals surface area contributed by atoms with Crippen molar-refractivity contribution < 1.29 is 18.3 Å². The molecule has 1 atom stereocenters. The summed E-state index contributed by atoms with van der Waals surface area (Å²) in [4.78, 5) is 13.4. The van der Waals surface area contributed by atoms with Crippen LogP contribution in [0.5, 0.6) is 5.75 Å². The summed E-state index contributed by atoms with van der Waals surface area (Å²) in [6.07, 6.45) is -1.93. The molecule has 1 unspecified atom stereocenters. The van der Waals surface area contributed by atoms with Gasteiger partial charge in [-0.1, -0.05) is 23.2 Å². The van der Waals surface area contributed by atoms with Crippen LogP contribution in [0, 0.1) is 5.82 Å². The second-order valence-electron chi connectivity index (χ2n) is 5.31. The van der Waals surface area contributed by atoms with E-state index in [0.29, 0.717) is 22.9 Å². The lowest BCUT2D eigenvalue weighted by atomic mass is 10.1. The van der Waals surface area contributed by atoms with Crippen molar-refractivity contribution in [3.05, 3.63) is 62.9 Å². The average molecular weight is 372 g/mol. The van der Waals surface area contributed by atoms with Crippen molar-refractivity contribution in [3.63, 3.8) is 0 Å². The predicted molar refractivity (Wildman–Crippen MR) is 87.8 cm³/mol. The van der Waals surface area contributed by atoms with Gasteiger partial charge in [0.05, 0.1) is 23.7 Å². The maximum atomic E-state index is 14.8. The zero-order valence-corrected chi connectivity index (χ0v) is 14.2. The Kier molecular flexibility index (Phi) is 4.65. The Labute approximate surface area is 147 Å². The van der Waals surface area contributed by atoms with Crippen LogP contribution in [-0.2, 0) is 6.54 Å². The molecule has 0 bridgehead atoms. The fourth-order valence-electron chi connectivity index (χ4n) is 2.70. The lowest BCUT2D eigenvalue weighted by Crippen LogP contribution is -2.27. The van der Waals surface area contributed by atoms with Crippen molar-refractivity contribution in [1.29, 1.82) is 0 Å². The van der Waals surface area contributed by atoms with Crippen LogP contribution < -0.4 is 4.74 Å². The van der Waals surface area contributed by atoms with Gasteiger partial charge in [0.2, 0.25) is 6.30 Å². The first-order chi connectivity index (χ1) is 11.4. The summed E-state index contributed by atoms with van der Waals surface area (Å²) < 4.78 is 34.2. The first-order valence-electron chi connectivity index (χ1n) is 7.27. The topological polar surface area (TPSA) is 29.5 Å². The third kappa shape index (κ3) is 2.94. The number of carbonyl (C=O) groups is 1. The maximum absolute atomic E-state index is 14.8. The smallest absolute Gasteiger partial charge is 0.258 e. The highest BCUT2D eigenvalue weighted by Gasteiger charge is 2.36. The van der Waals surface area contributed by atoms with E-state index < -0.39 is 18.0 Å².